The van der Waals surface area contributed by atoms with Crippen LogP contribution < -0.4 is 15.2 Å². The van der Waals surface area contributed by atoms with Crippen LogP contribution in [0.1, 0.15) is 10.4 Å². The Labute approximate surface area is 99.7 Å². The second-order valence-corrected chi connectivity index (χ2v) is 3.63. The van der Waals surface area contributed by atoms with Gasteiger partial charge >= 0.3 is 12.1 Å². The molecule has 2 rings (SSSR count). The van der Waals surface area contributed by atoms with Crippen LogP contribution in [0.3, 0.4) is 0 Å². The van der Waals surface area contributed by atoms with Crippen LogP contribution in [0.5, 0.6) is 5.75 Å². The minimum absolute atomic E-state index is 0.00891. The zero-order chi connectivity index (χ0) is 13.5. The lowest BCUT2D eigenvalue weighted by Crippen LogP contribution is -2.21. The van der Waals surface area contributed by atoms with Crippen molar-refractivity contribution in [3.05, 3.63) is 23.8 Å². The van der Waals surface area contributed by atoms with Gasteiger partial charge in [0.25, 0.3) is 0 Å². The molecule has 98 valence electrons. The van der Waals surface area contributed by atoms with Gasteiger partial charge in [-0.15, -0.1) is 0 Å². The quantitative estimate of drug-likeness (QED) is 0.810. The molecule has 0 aliphatic carbocycles. The van der Waals surface area contributed by atoms with Crippen molar-refractivity contribution in [3.63, 3.8) is 0 Å². The first-order chi connectivity index (χ1) is 8.34. The average molecular weight is 262 g/mol. The number of nitrogens with zero attached hydrogens (tertiary/aromatic N) is 1. The van der Waals surface area contributed by atoms with Crippen molar-refractivity contribution in [2.24, 2.45) is 0 Å². The fourth-order valence-electron chi connectivity index (χ4n) is 1.55. The molecule has 0 spiro atoms. The first-order valence-corrected chi connectivity index (χ1v) is 4.88. The summed E-state index contributed by atoms with van der Waals surface area (Å²) in [6, 6.07) is 3.72. The van der Waals surface area contributed by atoms with E-state index >= 15 is 0 Å². The highest BCUT2D eigenvalue weighted by atomic mass is 19.4. The largest absolute Gasteiger partial charge is 0.496 e. The van der Waals surface area contributed by atoms with E-state index in [0.29, 0.717) is 0 Å². The van der Waals surface area contributed by atoms with Crippen molar-refractivity contribution >= 4 is 11.7 Å². The van der Waals surface area contributed by atoms with E-state index in [0.717, 1.165) is 5.01 Å². The van der Waals surface area contributed by atoms with Gasteiger partial charge in [-0.05, 0) is 12.1 Å². The van der Waals surface area contributed by atoms with Gasteiger partial charge in [0.15, 0.2) is 0 Å². The molecular weight excluding hydrogens is 253 g/mol. The smallest absolute Gasteiger partial charge is 0.425 e. The van der Waals surface area contributed by atoms with Crippen LogP contribution in [-0.2, 0) is 0 Å². The van der Waals surface area contributed by atoms with Crippen LogP contribution in [0.15, 0.2) is 18.2 Å². The Kier molecular flexibility index (Phi) is 2.81. The predicted molar refractivity (Wildman–Crippen MR) is 55.4 cm³/mol. The maximum absolute atomic E-state index is 12.3. The summed E-state index contributed by atoms with van der Waals surface area (Å²) in [5, 5.41) is 9.72. The van der Waals surface area contributed by atoms with Gasteiger partial charge in [-0.3, -0.25) is 5.01 Å². The lowest BCUT2D eigenvalue weighted by molar-refractivity contribution is -0.128. The van der Waals surface area contributed by atoms with E-state index in [1.54, 1.807) is 0 Å². The maximum atomic E-state index is 12.3. The Morgan fingerprint density at radius 2 is 2.17 bits per heavy atom. The lowest BCUT2D eigenvalue weighted by Gasteiger charge is -2.09. The third kappa shape index (κ3) is 2.19. The summed E-state index contributed by atoms with van der Waals surface area (Å²) < 4.78 is 41.8. The number of methoxy groups -OCH3 is 1. The molecule has 2 N–H and O–H groups in total. The molecule has 1 aromatic rings. The molecule has 1 atom stereocenters. The van der Waals surface area contributed by atoms with Gasteiger partial charge in [-0.1, -0.05) is 0 Å². The SMILES string of the molecule is COc1cc(N2NC2C(F)(F)F)ccc1C(=O)O. The number of rotatable bonds is 3. The lowest BCUT2D eigenvalue weighted by atomic mass is 10.2. The molecule has 0 aromatic heterocycles. The van der Waals surface area contributed by atoms with Crippen LogP contribution in [0, 0.1) is 0 Å². The molecular formula is C10H9F3N2O3. The second kappa shape index (κ2) is 4.05. The Hall–Kier alpha value is -1.96. The summed E-state index contributed by atoms with van der Waals surface area (Å²) >= 11 is 0. The van der Waals surface area contributed by atoms with E-state index < -0.39 is 18.3 Å². The van der Waals surface area contributed by atoms with E-state index in [1.165, 1.54) is 25.3 Å². The monoisotopic (exact) mass is 262 g/mol. The Morgan fingerprint density at radius 3 is 2.61 bits per heavy atom. The topological polar surface area (TPSA) is 71.5 Å². The summed E-state index contributed by atoms with van der Waals surface area (Å²) in [6.07, 6.45) is -6.11. The van der Waals surface area contributed by atoms with Gasteiger partial charge < -0.3 is 9.84 Å². The molecule has 1 aromatic carbocycles. The zero-order valence-corrected chi connectivity index (χ0v) is 9.15. The number of anilines is 1. The van der Waals surface area contributed by atoms with Gasteiger partial charge in [0.1, 0.15) is 11.3 Å². The second-order valence-electron chi connectivity index (χ2n) is 3.63. The highest BCUT2D eigenvalue weighted by Crippen LogP contribution is 2.36. The zero-order valence-electron chi connectivity index (χ0n) is 9.15. The third-order valence-corrected chi connectivity index (χ3v) is 2.46. The highest BCUT2D eigenvalue weighted by Gasteiger charge is 2.55. The van der Waals surface area contributed by atoms with Crippen LogP contribution in [0.25, 0.3) is 0 Å². The number of hydrogen-bond donors (Lipinski definition) is 2. The Bertz CT molecular complexity index is 490. The van der Waals surface area contributed by atoms with Gasteiger partial charge in [0, 0.05) is 6.07 Å². The van der Waals surface area contributed by atoms with Crippen molar-refractivity contribution in [1.82, 2.24) is 5.43 Å². The fourth-order valence-corrected chi connectivity index (χ4v) is 1.55. The molecule has 0 radical (unpaired) electrons. The molecule has 1 saturated heterocycles. The number of ether oxygens (including phenoxy) is 1. The number of nitrogens with one attached hydrogen (secondary N) is 1. The number of benzene rings is 1. The maximum Gasteiger partial charge on any atom is 0.425 e. The first-order valence-electron chi connectivity index (χ1n) is 4.88. The molecule has 8 heteroatoms. The standard InChI is InChI=1S/C10H9F3N2O3/c1-18-7-4-5(2-3-6(7)8(16)17)15-9(14-15)10(11,12)13/h2-4,9,14H,1H3,(H,16,17). The van der Waals surface area contributed by atoms with E-state index in [4.69, 9.17) is 9.84 Å². The molecule has 0 amide bonds. The van der Waals surface area contributed by atoms with Crippen LogP contribution in [0.2, 0.25) is 0 Å². The summed E-state index contributed by atoms with van der Waals surface area (Å²) in [5.74, 6) is -1.20. The summed E-state index contributed by atoms with van der Waals surface area (Å²) in [7, 11) is 1.25. The number of carboxylic acids is 1. The van der Waals surface area contributed by atoms with Crippen molar-refractivity contribution < 1.29 is 27.8 Å². The van der Waals surface area contributed by atoms with Gasteiger partial charge in [-0.25, -0.2) is 10.2 Å². The fraction of sp³-hybridized carbons (Fsp3) is 0.300. The number of carbonyl (C=O) groups is 1. The third-order valence-electron chi connectivity index (χ3n) is 2.46. The van der Waals surface area contributed by atoms with Gasteiger partial charge in [-0.2, -0.15) is 13.2 Å². The number of carboxylic acid groups (broad SMARTS) is 1. The number of alkyl halides is 3. The molecule has 0 bridgehead atoms. The Balaban J connectivity index is 2.25. The van der Waals surface area contributed by atoms with Crippen LogP contribution in [0.4, 0.5) is 18.9 Å². The van der Waals surface area contributed by atoms with Crippen molar-refractivity contribution in [2.75, 3.05) is 12.1 Å². The molecule has 1 heterocycles. The number of hydrogen-bond acceptors (Lipinski definition) is 4. The predicted octanol–water partition coefficient (Wildman–Crippen LogP) is 1.61. The summed E-state index contributed by atoms with van der Waals surface area (Å²) in [4.78, 5) is 10.8. The molecule has 1 unspecified atom stereocenters. The van der Waals surface area contributed by atoms with Crippen molar-refractivity contribution in [3.8, 4) is 5.75 Å². The molecule has 0 saturated carbocycles. The molecule has 5 nitrogen and oxygen atoms in total. The highest BCUT2D eigenvalue weighted by molar-refractivity contribution is 5.91. The number of hydrazine groups is 1. The Morgan fingerprint density at radius 1 is 1.50 bits per heavy atom. The molecule has 1 aliphatic rings. The van der Waals surface area contributed by atoms with E-state index in [2.05, 4.69) is 5.43 Å². The van der Waals surface area contributed by atoms with Crippen LogP contribution >= 0.6 is 0 Å². The van der Waals surface area contributed by atoms with Crippen molar-refractivity contribution in [1.29, 1.82) is 0 Å². The normalized spacial score (nSPS) is 18.7. The van der Waals surface area contributed by atoms with E-state index in [1.807, 2.05) is 0 Å². The number of aromatic carboxylic acids is 1. The van der Waals surface area contributed by atoms with Gasteiger partial charge in [0.05, 0.1) is 12.8 Å². The minimum Gasteiger partial charge on any atom is -0.496 e. The molecule has 1 fully saturated rings. The van der Waals surface area contributed by atoms with Crippen LogP contribution in [-0.4, -0.2) is 30.5 Å². The van der Waals surface area contributed by atoms with Gasteiger partial charge in [0.2, 0.25) is 6.17 Å². The van der Waals surface area contributed by atoms with E-state index in [9.17, 15) is 18.0 Å². The first kappa shape index (κ1) is 12.5. The molecule has 1 aliphatic heterocycles. The van der Waals surface area contributed by atoms with Crippen molar-refractivity contribution in [2.45, 2.75) is 12.3 Å². The average Bonchev–Trinajstić information content (AvgIpc) is 3.07. The van der Waals surface area contributed by atoms with E-state index in [-0.39, 0.29) is 17.0 Å². The minimum atomic E-state index is -4.38. The molecule has 18 heavy (non-hydrogen) atoms. The summed E-state index contributed by atoms with van der Waals surface area (Å²) in [5.41, 5.74) is 2.22. The number of halogens is 3. The summed E-state index contributed by atoms with van der Waals surface area (Å²) in [6.45, 7) is 0.